The number of hydrogen-bond donors (Lipinski definition) is 0. The molecule has 0 spiro atoms. The normalized spacial score (nSPS) is 11.0. The van der Waals surface area contributed by atoms with Crippen LogP contribution in [0.25, 0.3) is 16.6 Å². The van der Waals surface area contributed by atoms with Crippen LogP contribution in [0.4, 0.5) is 11.4 Å². The van der Waals surface area contributed by atoms with Crippen molar-refractivity contribution in [2.75, 3.05) is 38.0 Å². The lowest BCUT2D eigenvalue weighted by Gasteiger charge is -2.12. The Hall–Kier alpha value is -4.71. The van der Waals surface area contributed by atoms with Crippen LogP contribution in [0.15, 0.2) is 97.2 Å². The van der Waals surface area contributed by atoms with Gasteiger partial charge >= 0.3 is 0 Å². The molecule has 39 heavy (non-hydrogen) atoms. The third-order valence-corrected chi connectivity index (χ3v) is 6.95. The van der Waals surface area contributed by atoms with Crippen LogP contribution in [0.3, 0.4) is 0 Å². The molecule has 0 radical (unpaired) electrons. The summed E-state index contributed by atoms with van der Waals surface area (Å²) in [5.41, 5.74) is 7.34. The molecule has 5 rings (SSSR count). The van der Waals surface area contributed by atoms with Gasteiger partial charge in [-0.3, -0.25) is 9.59 Å². The number of hydrogen-bond acceptors (Lipinski definition) is 5. The largest absolute Gasteiger partial charge is 0.378 e. The number of anilines is 2. The summed E-state index contributed by atoms with van der Waals surface area (Å²) in [4.78, 5) is 29.6. The lowest BCUT2D eigenvalue weighted by atomic mass is 10.0. The van der Waals surface area contributed by atoms with Gasteiger partial charge in [0.2, 0.25) is 0 Å². The van der Waals surface area contributed by atoms with Crippen LogP contribution in [0.5, 0.6) is 0 Å². The van der Waals surface area contributed by atoms with Gasteiger partial charge in [-0.15, -0.1) is 0 Å². The molecule has 0 saturated heterocycles. The SMILES string of the molecule is CN(C)c1ccc(C(=O)Cc2ccc(-n3ncc4cc(CC(=O)c5ccc(N(C)C)cc5)ccc43)cc2)cc1. The second kappa shape index (κ2) is 11.0. The first kappa shape index (κ1) is 25.9. The average Bonchev–Trinajstić information content (AvgIpc) is 3.37. The van der Waals surface area contributed by atoms with E-state index in [-0.39, 0.29) is 11.6 Å². The summed E-state index contributed by atoms with van der Waals surface area (Å²) in [7, 11) is 7.92. The lowest BCUT2D eigenvalue weighted by molar-refractivity contribution is 0.0985. The Labute approximate surface area is 229 Å². The van der Waals surface area contributed by atoms with Crippen molar-refractivity contribution in [3.63, 3.8) is 0 Å². The third kappa shape index (κ3) is 5.75. The Morgan fingerprint density at radius 1 is 0.641 bits per heavy atom. The predicted molar refractivity (Wildman–Crippen MR) is 159 cm³/mol. The van der Waals surface area contributed by atoms with Gasteiger partial charge in [0, 0.05) is 68.9 Å². The van der Waals surface area contributed by atoms with Crippen LogP contribution >= 0.6 is 0 Å². The van der Waals surface area contributed by atoms with Crippen molar-refractivity contribution in [1.29, 1.82) is 0 Å². The van der Waals surface area contributed by atoms with E-state index in [4.69, 9.17) is 0 Å². The van der Waals surface area contributed by atoms with Gasteiger partial charge in [-0.25, -0.2) is 4.68 Å². The minimum Gasteiger partial charge on any atom is -0.378 e. The zero-order chi connectivity index (χ0) is 27.5. The molecule has 196 valence electrons. The highest BCUT2D eigenvalue weighted by atomic mass is 16.1. The number of benzene rings is 4. The molecule has 0 atom stereocenters. The van der Waals surface area contributed by atoms with Gasteiger partial charge < -0.3 is 9.80 Å². The molecule has 4 aromatic carbocycles. The molecular weight excluding hydrogens is 484 g/mol. The van der Waals surface area contributed by atoms with Gasteiger partial charge in [-0.1, -0.05) is 18.2 Å². The molecule has 5 aromatic rings. The lowest BCUT2D eigenvalue weighted by Crippen LogP contribution is -2.09. The smallest absolute Gasteiger partial charge is 0.167 e. The van der Waals surface area contributed by atoms with E-state index in [0.29, 0.717) is 24.0 Å². The van der Waals surface area contributed by atoms with Crippen molar-refractivity contribution in [2.45, 2.75) is 12.8 Å². The maximum atomic E-state index is 12.8. The molecule has 6 heteroatoms. The van der Waals surface area contributed by atoms with E-state index in [2.05, 4.69) is 5.10 Å². The summed E-state index contributed by atoms with van der Waals surface area (Å²) < 4.78 is 1.88. The van der Waals surface area contributed by atoms with Crippen molar-refractivity contribution in [3.05, 3.63) is 119 Å². The van der Waals surface area contributed by atoms with Crippen LogP contribution in [0, 0.1) is 0 Å². The maximum absolute atomic E-state index is 12.8. The molecule has 1 heterocycles. The summed E-state index contributed by atoms with van der Waals surface area (Å²) in [6.45, 7) is 0. The molecule has 0 fully saturated rings. The van der Waals surface area contributed by atoms with Gasteiger partial charge in [0.15, 0.2) is 11.6 Å². The molecule has 6 nitrogen and oxygen atoms in total. The average molecular weight is 517 g/mol. The Balaban J connectivity index is 1.27. The number of aromatic nitrogens is 2. The molecule has 1 aromatic heterocycles. The van der Waals surface area contributed by atoms with Crippen molar-refractivity contribution in [3.8, 4) is 5.69 Å². The number of Topliss-reactive ketones (excluding diaryl/α,β-unsaturated/α-hetero) is 2. The van der Waals surface area contributed by atoms with Gasteiger partial charge in [-0.2, -0.15) is 5.10 Å². The number of ketones is 2. The van der Waals surface area contributed by atoms with Crippen LogP contribution in [0.1, 0.15) is 31.8 Å². The summed E-state index contributed by atoms with van der Waals surface area (Å²) in [6, 6.07) is 29.3. The Morgan fingerprint density at radius 3 is 1.64 bits per heavy atom. The highest BCUT2D eigenvalue weighted by molar-refractivity contribution is 5.98. The number of fused-ring (bicyclic) bond motifs is 1. The number of carbonyl (C=O) groups excluding carboxylic acids is 2. The summed E-state index contributed by atoms with van der Waals surface area (Å²) >= 11 is 0. The Kier molecular flexibility index (Phi) is 7.28. The molecule has 0 N–H and O–H groups in total. The monoisotopic (exact) mass is 516 g/mol. The van der Waals surface area contributed by atoms with E-state index in [1.807, 2.05) is 140 Å². The summed E-state index contributed by atoms with van der Waals surface area (Å²) in [6.07, 6.45) is 2.50. The van der Waals surface area contributed by atoms with Gasteiger partial charge in [0.25, 0.3) is 0 Å². The number of rotatable bonds is 9. The Morgan fingerprint density at radius 2 is 1.13 bits per heavy atom. The quantitative estimate of drug-likeness (QED) is 0.225. The van der Waals surface area contributed by atoms with E-state index in [0.717, 1.165) is 39.1 Å². The topological polar surface area (TPSA) is 58.4 Å². The molecule has 0 unspecified atom stereocenters. The standard InChI is InChI=1S/C33H32N4O2/c1-35(2)28-14-8-25(9-15-28)32(38)20-23-5-12-30(13-6-23)37-31-18-7-24(19-27(31)22-34-37)21-33(39)26-10-16-29(17-11-26)36(3)4/h5-19,22H,20-21H2,1-4H3. The summed E-state index contributed by atoms with van der Waals surface area (Å²) in [5, 5.41) is 5.56. The van der Waals surface area contributed by atoms with E-state index in [1.165, 1.54) is 0 Å². The molecular formula is C33H32N4O2. The minimum atomic E-state index is 0.0887. The first-order valence-electron chi connectivity index (χ1n) is 13.0. The van der Waals surface area contributed by atoms with Crippen molar-refractivity contribution in [2.24, 2.45) is 0 Å². The molecule has 0 aliphatic heterocycles. The molecule has 0 saturated carbocycles. The highest BCUT2D eigenvalue weighted by Crippen LogP contribution is 2.22. The molecule has 0 bridgehead atoms. The van der Waals surface area contributed by atoms with Gasteiger partial charge in [-0.05, 0) is 83.9 Å². The van der Waals surface area contributed by atoms with E-state index < -0.39 is 0 Å². The van der Waals surface area contributed by atoms with Crippen molar-refractivity contribution >= 4 is 33.8 Å². The van der Waals surface area contributed by atoms with Crippen molar-refractivity contribution < 1.29 is 9.59 Å². The van der Waals surface area contributed by atoms with E-state index >= 15 is 0 Å². The highest BCUT2D eigenvalue weighted by Gasteiger charge is 2.12. The molecule has 0 amide bonds. The molecule has 0 aliphatic rings. The second-order valence-electron chi connectivity index (χ2n) is 10.2. The van der Waals surface area contributed by atoms with Crippen LogP contribution in [0.2, 0.25) is 0 Å². The Bertz CT molecular complexity index is 1610. The summed E-state index contributed by atoms with van der Waals surface area (Å²) in [5.74, 6) is 0.180. The van der Waals surface area contributed by atoms with Crippen molar-refractivity contribution in [1.82, 2.24) is 9.78 Å². The zero-order valence-corrected chi connectivity index (χ0v) is 22.8. The predicted octanol–water partition coefficient (Wildman–Crippen LogP) is 6.01. The maximum Gasteiger partial charge on any atom is 0.167 e. The van der Waals surface area contributed by atoms with Crippen LogP contribution in [-0.2, 0) is 12.8 Å². The third-order valence-electron chi connectivity index (χ3n) is 6.95. The van der Waals surface area contributed by atoms with E-state index in [1.54, 1.807) is 0 Å². The number of carbonyl (C=O) groups is 2. The first-order valence-corrected chi connectivity index (χ1v) is 13.0. The zero-order valence-electron chi connectivity index (χ0n) is 22.8. The number of nitrogens with zero attached hydrogens (tertiary/aromatic N) is 4. The van der Waals surface area contributed by atoms with Crippen LogP contribution < -0.4 is 9.80 Å². The van der Waals surface area contributed by atoms with E-state index in [9.17, 15) is 9.59 Å². The fourth-order valence-electron chi connectivity index (χ4n) is 4.62. The van der Waals surface area contributed by atoms with Crippen LogP contribution in [-0.4, -0.2) is 49.5 Å². The fourth-order valence-corrected chi connectivity index (χ4v) is 4.62. The fraction of sp³-hybridized carbons (Fsp3) is 0.182. The first-order chi connectivity index (χ1) is 18.8. The van der Waals surface area contributed by atoms with Gasteiger partial charge in [0.1, 0.15) is 0 Å². The second-order valence-corrected chi connectivity index (χ2v) is 10.2. The van der Waals surface area contributed by atoms with Gasteiger partial charge in [0.05, 0.1) is 17.4 Å². The minimum absolute atomic E-state index is 0.0887. The molecule has 0 aliphatic carbocycles.